The molecule has 2 aromatic rings. The van der Waals surface area contributed by atoms with Gasteiger partial charge >= 0.3 is 0 Å². The summed E-state index contributed by atoms with van der Waals surface area (Å²) in [6.07, 6.45) is 3.20. The van der Waals surface area contributed by atoms with Crippen molar-refractivity contribution in [1.82, 2.24) is 15.0 Å². The van der Waals surface area contributed by atoms with Crippen LogP contribution in [0.5, 0.6) is 0 Å². The van der Waals surface area contributed by atoms with Crippen LogP contribution in [0.1, 0.15) is 5.82 Å². The zero-order chi connectivity index (χ0) is 14.4. The molecule has 0 amide bonds. The van der Waals surface area contributed by atoms with Crippen molar-refractivity contribution in [1.29, 1.82) is 0 Å². The smallest absolute Gasteiger partial charge is 0.173 e. The number of pyridine rings is 1. The third-order valence-electron chi connectivity index (χ3n) is 2.77. The van der Waals surface area contributed by atoms with Gasteiger partial charge in [-0.15, -0.1) is 0 Å². The fraction of sp³-hybridized carbons (Fsp3) is 0.357. The molecule has 106 valence electrons. The van der Waals surface area contributed by atoms with E-state index in [1.807, 2.05) is 25.1 Å². The highest BCUT2D eigenvalue weighted by Gasteiger charge is 2.08. The van der Waals surface area contributed by atoms with E-state index in [4.69, 9.17) is 9.47 Å². The first-order chi connectivity index (χ1) is 9.72. The number of rotatable bonds is 6. The van der Waals surface area contributed by atoms with Crippen molar-refractivity contribution in [3.63, 3.8) is 0 Å². The predicted molar refractivity (Wildman–Crippen MR) is 76.3 cm³/mol. The van der Waals surface area contributed by atoms with E-state index in [-0.39, 0.29) is 6.29 Å². The van der Waals surface area contributed by atoms with Gasteiger partial charge in [-0.3, -0.25) is 4.98 Å². The lowest BCUT2D eigenvalue weighted by molar-refractivity contribution is -0.0914. The second-order valence-electron chi connectivity index (χ2n) is 4.21. The first kappa shape index (κ1) is 14.4. The number of anilines is 1. The second kappa shape index (κ2) is 6.93. The average molecular weight is 274 g/mol. The van der Waals surface area contributed by atoms with Gasteiger partial charge in [0.2, 0.25) is 0 Å². The van der Waals surface area contributed by atoms with E-state index in [1.54, 1.807) is 26.6 Å². The van der Waals surface area contributed by atoms with Crippen LogP contribution in [0.4, 0.5) is 5.82 Å². The minimum Gasteiger partial charge on any atom is -0.365 e. The Morgan fingerprint density at radius 1 is 1.25 bits per heavy atom. The molecule has 0 atom stereocenters. The maximum Gasteiger partial charge on any atom is 0.173 e. The summed E-state index contributed by atoms with van der Waals surface area (Å²) in [6, 6.07) is 5.73. The third kappa shape index (κ3) is 3.72. The van der Waals surface area contributed by atoms with Crippen LogP contribution in [0.15, 0.2) is 30.6 Å². The molecule has 0 saturated heterocycles. The normalized spacial score (nSPS) is 10.8. The monoisotopic (exact) mass is 274 g/mol. The molecule has 0 spiro atoms. The fourth-order valence-electron chi connectivity index (χ4n) is 1.77. The van der Waals surface area contributed by atoms with Crippen LogP contribution in [-0.4, -0.2) is 42.0 Å². The number of methoxy groups -OCH3 is 2. The first-order valence-corrected chi connectivity index (χ1v) is 6.28. The Hall–Kier alpha value is -2.05. The summed E-state index contributed by atoms with van der Waals surface area (Å²) in [4.78, 5) is 12.9. The molecule has 6 heteroatoms. The van der Waals surface area contributed by atoms with Crippen molar-refractivity contribution in [3.8, 4) is 11.3 Å². The summed E-state index contributed by atoms with van der Waals surface area (Å²) in [5, 5.41) is 3.18. The molecule has 2 rings (SSSR count). The molecule has 0 aliphatic carbocycles. The molecule has 0 radical (unpaired) electrons. The van der Waals surface area contributed by atoms with Crippen LogP contribution in [0.3, 0.4) is 0 Å². The van der Waals surface area contributed by atoms with Gasteiger partial charge in [-0.1, -0.05) is 0 Å². The molecule has 2 aromatic heterocycles. The average Bonchev–Trinajstić information content (AvgIpc) is 2.49. The zero-order valence-electron chi connectivity index (χ0n) is 11.8. The Bertz CT molecular complexity index is 544. The molecule has 1 N–H and O–H groups in total. The topological polar surface area (TPSA) is 69.2 Å². The summed E-state index contributed by atoms with van der Waals surface area (Å²) in [7, 11) is 3.20. The lowest BCUT2D eigenvalue weighted by atomic mass is 10.2. The fourth-order valence-corrected chi connectivity index (χ4v) is 1.77. The Morgan fingerprint density at radius 3 is 2.70 bits per heavy atom. The third-order valence-corrected chi connectivity index (χ3v) is 2.77. The second-order valence-corrected chi connectivity index (χ2v) is 4.21. The quantitative estimate of drug-likeness (QED) is 0.811. The van der Waals surface area contributed by atoms with E-state index in [9.17, 15) is 0 Å². The molecule has 0 aliphatic rings. The minimum absolute atomic E-state index is 0.313. The van der Waals surface area contributed by atoms with Crippen molar-refractivity contribution in [3.05, 3.63) is 36.4 Å². The van der Waals surface area contributed by atoms with Gasteiger partial charge in [0.1, 0.15) is 11.6 Å². The Labute approximate surface area is 118 Å². The largest absolute Gasteiger partial charge is 0.365 e. The summed E-state index contributed by atoms with van der Waals surface area (Å²) in [6.45, 7) is 2.37. The van der Waals surface area contributed by atoms with Crippen LogP contribution in [0, 0.1) is 6.92 Å². The number of nitrogens with one attached hydrogen (secondary N) is 1. The van der Waals surface area contributed by atoms with Crippen molar-refractivity contribution >= 4 is 5.82 Å². The van der Waals surface area contributed by atoms with E-state index in [0.717, 1.165) is 17.1 Å². The number of hydrogen-bond acceptors (Lipinski definition) is 6. The minimum atomic E-state index is -0.313. The molecule has 0 unspecified atom stereocenters. The molecular formula is C14H18N4O2. The van der Waals surface area contributed by atoms with Gasteiger partial charge in [0.15, 0.2) is 6.29 Å². The number of nitrogens with zero attached hydrogens (tertiary/aromatic N) is 3. The molecular weight excluding hydrogens is 256 g/mol. The lowest BCUT2D eigenvalue weighted by Crippen LogP contribution is -2.24. The highest BCUT2D eigenvalue weighted by atomic mass is 16.7. The van der Waals surface area contributed by atoms with Crippen LogP contribution >= 0.6 is 0 Å². The Balaban J connectivity index is 2.17. The molecule has 6 nitrogen and oxygen atoms in total. The van der Waals surface area contributed by atoms with Crippen LogP contribution in [-0.2, 0) is 9.47 Å². The SMILES string of the molecule is COC(CNc1cc(-c2cccnc2)nc(C)n1)OC. The van der Waals surface area contributed by atoms with Gasteiger partial charge in [-0.05, 0) is 19.1 Å². The van der Waals surface area contributed by atoms with Gasteiger partial charge in [0.05, 0.1) is 12.2 Å². The van der Waals surface area contributed by atoms with Crippen LogP contribution in [0.2, 0.25) is 0 Å². The standard InChI is InChI=1S/C14H18N4O2/c1-10-17-12(11-5-4-6-15-8-11)7-13(18-10)16-9-14(19-2)20-3/h4-8,14H,9H2,1-3H3,(H,16,17,18). The van der Waals surface area contributed by atoms with E-state index in [1.165, 1.54) is 0 Å². The number of aryl methyl sites for hydroxylation is 1. The number of hydrogen-bond donors (Lipinski definition) is 1. The van der Waals surface area contributed by atoms with Gasteiger partial charge in [0, 0.05) is 38.2 Å². The van der Waals surface area contributed by atoms with Gasteiger partial charge < -0.3 is 14.8 Å². The first-order valence-electron chi connectivity index (χ1n) is 6.28. The highest BCUT2D eigenvalue weighted by Crippen LogP contribution is 2.18. The summed E-state index contributed by atoms with van der Waals surface area (Å²) in [5.74, 6) is 1.43. The molecule has 0 saturated carbocycles. The van der Waals surface area contributed by atoms with Crippen molar-refractivity contribution in [2.45, 2.75) is 13.2 Å². The molecule has 0 bridgehead atoms. The molecule has 20 heavy (non-hydrogen) atoms. The lowest BCUT2D eigenvalue weighted by Gasteiger charge is -2.15. The number of ether oxygens (including phenoxy) is 2. The van der Waals surface area contributed by atoms with E-state index < -0.39 is 0 Å². The number of aromatic nitrogens is 3. The van der Waals surface area contributed by atoms with E-state index >= 15 is 0 Å². The highest BCUT2D eigenvalue weighted by molar-refractivity contribution is 5.61. The van der Waals surface area contributed by atoms with Gasteiger partial charge in [-0.2, -0.15) is 0 Å². The van der Waals surface area contributed by atoms with Crippen LogP contribution < -0.4 is 5.32 Å². The van der Waals surface area contributed by atoms with Gasteiger partial charge in [0.25, 0.3) is 0 Å². The molecule has 0 aliphatic heterocycles. The van der Waals surface area contributed by atoms with Crippen LogP contribution in [0.25, 0.3) is 11.3 Å². The van der Waals surface area contributed by atoms with Crippen molar-refractivity contribution < 1.29 is 9.47 Å². The maximum absolute atomic E-state index is 5.13. The Morgan fingerprint density at radius 2 is 2.05 bits per heavy atom. The van der Waals surface area contributed by atoms with Crippen molar-refractivity contribution in [2.75, 3.05) is 26.1 Å². The van der Waals surface area contributed by atoms with E-state index in [0.29, 0.717) is 12.4 Å². The molecule has 0 aromatic carbocycles. The Kier molecular flexibility index (Phi) is 4.97. The molecule has 0 fully saturated rings. The van der Waals surface area contributed by atoms with Crippen molar-refractivity contribution in [2.24, 2.45) is 0 Å². The summed E-state index contributed by atoms with van der Waals surface area (Å²) >= 11 is 0. The predicted octanol–water partition coefficient (Wildman–Crippen LogP) is 1.88. The molecule has 2 heterocycles. The summed E-state index contributed by atoms with van der Waals surface area (Å²) in [5.41, 5.74) is 1.79. The summed E-state index contributed by atoms with van der Waals surface area (Å²) < 4.78 is 10.3. The van der Waals surface area contributed by atoms with Gasteiger partial charge in [-0.25, -0.2) is 9.97 Å². The maximum atomic E-state index is 5.13. The zero-order valence-corrected chi connectivity index (χ0v) is 11.8. The van der Waals surface area contributed by atoms with E-state index in [2.05, 4.69) is 20.3 Å².